The molecular weight excluding hydrogens is 242 g/mol. The maximum Gasteiger partial charge on any atom is 0.323 e. The van der Waals surface area contributed by atoms with Crippen LogP contribution in [0.15, 0.2) is 21.7 Å². The monoisotopic (exact) mass is 259 g/mol. The van der Waals surface area contributed by atoms with Gasteiger partial charge in [0.2, 0.25) is 0 Å². The zero-order valence-electron chi connectivity index (χ0n) is 9.31. The summed E-state index contributed by atoms with van der Waals surface area (Å²) in [7, 11) is 0. The highest BCUT2D eigenvalue weighted by atomic mass is 32.2. The van der Waals surface area contributed by atoms with Crippen molar-refractivity contribution in [2.75, 3.05) is 5.75 Å². The molecule has 1 heterocycles. The Labute approximate surface area is 104 Å². The van der Waals surface area contributed by atoms with E-state index in [1.165, 1.54) is 4.21 Å². The lowest BCUT2D eigenvalue weighted by Gasteiger charge is -2.22. The molecule has 1 atom stereocenters. The van der Waals surface area contributed by atoms with E-state index in [0.717, 1.165) is 12.2 Å². The van der Waals surface area contributed by atoms with Crippen molar-refractivity contribution in [1.82, 2.24) is 0 Å². The molecule has 1 aromatic heterocycles. The van der Waals surface area contributed by atoms with E-state index < -0.39 is 11.5 Å². The van der Waals surface area contributed by atoms with E-state index in [0.29, 0.717) is 12.8 Å². The Morgan fingerprint density at radius 2 is 2.44 bits per heavy atom. The highest BCUT2D eigenvalue weighted by Gasteiger charge is 2.30. The SMILES string of the molecule is CCC(N)(CCCSc1cccs1)C(=O)O. The van der Waals surface area contributed by atoms with Gasteiger partial charge in [-0.1, -0.05) is 13.0 Å². The van der Waals surface area contributed by atoms with Crippen LogP contribution in [0.2, 0.25) is 0 Å². The quantitative estimate of drug-likeness (QED) is 0.584. The number of thiophene rings is 1. The van der Waals surface area contributed by atoms with Gasteiger partial charge in [0.05, 0.1) is 4.21 Å². The zero-order chi connectivity index (χ0) is 12.0. The second-order valence-corrected chi connectivity index (χ2v) is 6.04. The van der Waals surface area contributed by atoms with Crippen molar-refractivity contribution in [2.45, 2.75) is 35.9 Å². The number of nitrogens with two attached hydrogens (primary N) is 1. The average Bonchev–Trinajstić information content (AvgIpc) is 2.76. The largest absolute Gasteiger partial charge is 0.480 e. The maximum absolute atomic E-state index is 10.9. The first-order chi connectivity index (χ1) is 7.58. The average molecular weight is 259 g/mol. The first kappa shape index (κ1) is 13.5. The molecule has 0 aliphatic carbocycles. The van der Waals surface area contributed by atoms with E-state index in [2.05, 4.69) is 6.07 Å². The fourth-order valence-electron chi connectivity index (χ4n) is 1.34. The third-order valence-corrected chi connectivity index (χ3v) is 4.78. The first-order valence-electron chi connectivity index (χ1n) is 5.27. The van der Waals surface area contributed by atoms with Crippen LogP contribution in [0.1, 0.15) is 26.2 Å². The number of hydrogen-bond donors (Lipinski definition) is 2. The molecule has 0 fully saturated rings. The molecule has 1 rings (SSSR count). The zero-order valence-corrected chi connectivity index (χ0v) is 10.9. The molecule has 1 unspecified atom stereocenters. The smallest absolute Gasteiger partial charge is 0.323 e. The molecule has 0 saturated heterocycles. The predicted octanol–water partition coefficient (Wildman–Crippen LogP) is 2.81. The second-order valence-electron chi connectivity index (χ2n) is 3.70. The van der Waals surface area contributed by atoms with Gasteiger partial charge in [-0.15, -0.1) is 23.1 Å². The Balaban J connectivity index is 2.26. The van der Waals surface area contributed by atoms with E-state index in [-0.39, 0.29) is 0 Å². The fourth-order valence-corrected chi connectivity index (χ4v) is 3.14. The summed E-state index contributed by atoms with van der Waals surface area (Å²) in [5, 5.41) is 11.0. The van der Waals surface area contributed by atoms with Crippen molar-refractivity contribution in [3.63, 3.8) is 0 Å². The lowest BCUT2D eigenvalue weighted by Crippen LogP contribution is -2.47. The van der Waals surface area contributed by atoms with E-state index >= 15 is 0 Å². The topological polar surface area (TPSA) is 63.3 Å². The van der Waals surface area contributed by atoms with E-state index in [1.54, 1.807) is 23.1 Å². The van der Waals surface area contributed by atoms with Gasteiger partial charge < -0.3 is 10.8 Å². The van der Waals surface area contributed by atoms with Crippen LogP contribution >= 0.6 is 23.1 Å². The van der Waals surface area contributed by atoms with Crippen LogP contribution in [0, 0.1) is 0 Å². The molecule has 0 amide bonds. The molecule has 5 heteroatoms. The Kier molecular flexibility index (Phi) is 5.31. The normalized spacial score (nSPS) is 14.6. The minimum Gasteiger partial charge on any atom is -0.480 e. The molecule has 0 spiro atoms. The van der Waals surface area contributed by atoms with Gasteiger partial charge in [-0.2, -0.15) is 0 Å². The van der Waals surface area contributed by atoms with Crippen LogP contribution in [-0.2, 0) is 4.79 Å². The number of carboxylic acid groups (broad SMARTS) is 1. The molecule has 1 aromatic rings. The molecule has 0 bridgehead atoms. The van der Waals surface area contributed by atoms with Crippen molar-refractivity contribution in [3.8, 4) is 0 Å². The van der Waals surface area contributed by atoms with Crippen LogP contribution in [0.4, 0.5) is 0 Å². The molecule has 0 radical (unpaired) electrons. The maximum atomic E-state index is 10.9. The minimum atomic E-state index is -1.05. The molecular formula is C11H17NO2S2. The summed E-state index contributed by atoms with van der Waals surface area (Å²) < 4.78 is 1.27. The Bertz CT molecular complexity index is 327. The highest BCUT2D eigenvalue weighted by molar-refractivity contribution is 8.01. The summed E-state index contributed by atoms with van der Waals surface area (Å²) in [4.78, 5) is 10.9. The van der Waals surface area contributed by atoms with Gasteiger partial charge >= 0.3 is 5.97 Å². The van der Waals surface area contributed by atoms with Gasteiger partial charge in [-0.3, -0.25) is 4.79 Å². The number of rotatable bonds is 7. The summed E-state index contributed by atoms with van der Waals surface area (Å²) in [5.41, 5.74) is 4.75. The second kappa shape index (κ2) is 6.27. The van der Waals surface area contributed by atoms with Crippen LogP contribution < -0.4 is 5.73 Å². The molecule has 0 aliphatic heterocycles. The molecule has 0 aromatic carbocycles. The number of carboxylic acids is 1. The summed E-state index contributed by atoms with van der Waals surface area (Å²) in [6.07, 6.45) is 1.85. The van der Waals surface area contributed by atoms with Gasteiger partial charge in [0, 0.05) is 0 Å². The summed E-state index contributed by atoms with van der Waals surface area (Å²) >= 11 is 3.47. The molecule has 0 saturated carbocycles. The summed E-state index contributed by atoms with van der Waals surface area (Å²) in [6, 6.07) is 4.09. The predicted molar refractivity (Wildman–Crippen MR) is 69.1 cm³/mol. The Hall–Kier alpha value is -0.520. The van der Waals surface area contributed by atoms with Gasteiger partial charge in [-0.25, -0.2) is 0 Å². The third-order valence-electron chi connectivity index (χ3n) is 2.56. The van der Waals surface area contributed by atoms with Crippen molar-refractivity contribution in [3.05, 3.63) is 17.5 Å². The van der Waals surface area contributed by atoms with Crippen molar-refractivity contribution in [2.24, 2.45) is 5.73 Å². The van der Waals surface area contributed by atoms with Gasteiger partial charge in [-0.05, 0) is 36.5 Å². The molecule has 0 aliphatic rings. The lowest BCUT2D eigenvalue weighted by atomic mass is 9.92. The Morgan fingerprint density at radius 1 is 1.69 bits per heavy atom. The fraction of sp³-hybridized carbons (Fsp3) is 0.545. The first-order valence-corrected chi connectivity index (χ1v) is 7.13. The standard InChI is InChI=1S/C11H17NO2S2/c1-2-11(12,10(13)14)6-4-8-16-9-5-3-7-15-9/h3,5,7H,2,4,6,8,12H2,1H3,(H,13,14). The summed E-state index contributed by atoms with van der Waals surface area (Å²) in [6.45, 7) is 1.82. The summed E-state index contributed by atoms with van der Waals surface area (Å²) in [5.74, 6) is 0.0309. The number of carbonyl (C=O) groups is 1. The van der Waals surface area contributed by atoms with Gasteiger partial charge in [0.1, 0.15) is 5.54 Å². The van der Waals surface area contributed by atoms with Crippen LogP contribution in [-0.4, -0.2) is 22.4 Å². The van der Waals surface area contributed by atoms with Crippen LogP contribution in [0.5, 0.6) is 0 Å². The Morgan fingerprint density at radius 3 is 2.94 bits per heavy atom. The number of aliphatic carboxylic acids is 1. The molecule has 16 heavy (non-hydrogen) atoms. The number of thioether (sulfide) groups is 1. The van der Waals surface area contributed by atoms with E-state index in [1.807, 2.05) is 18.4 Å². The van der Waals surface area contributed by atoms with Crippen molar-refractivity contribution >= 4 is 29.1 Å². The van der Waals surface area contributed by atoms with Gasteiger partial charge in [0.25, 0.3) is 0 Å². The molecule has 90 valence electrons. The van der Waals surface area contributed by atoms with Crippen LogP contribution in [0.25, 0.3) is 0 Å². The van der Waals surface area contributed by atoms with Crippen LogP contribution in [0.3, 0.4) is 0 Å². The third kappa shape index (κ3) is 3.81. The van der Waals surface area contributed by atoms with E-state index in [9.17, 15) is 4.79 Å². The number of hydrogen-bond acceptors (Lipinski definition) is 4. The van der Waals surface area contributed by atoms with Crippen molar-refractivity contribution < 1.29 is 9.90 Å². The lowest BCUT2D eigenvalue weighted by molar-refractivity contribution is -0.143. The van der Waals surface area contributed by atoms with E-state index in [4.69, 9.17) is 10.8 Å². The molecule has 3 nitrogen and oxygen atoms in total. The highest BCUT2D eigenvalue weighted by Crippen LogP contribution is 2.25. The molecule has 3 N–H and O–H groups in total. The minimum absolute atomic E-state index is 0.478. The van der Waals surface area contributed by atoms with Crippen molar-refractivity contribution in [1.29, 1.82) is 0 Å². The van der Waals surface area contributed by atoms with Gasteiger partial charge in [0.15, 0.2) is 0 Å².